The predicted octanol–water partition coefficient (Wildman–Crippen LogP) is 1.14. The Morgan fingerprint density at radius 2 is 2.73 bits per heavy atom. The number of aromatic nitrogens is 2. The number of rotatable bonds is 2. The maximum atomic E-state index is 4.98. The fourth-order valence-corrected chi connectivity index (χ4v) is 0.812. The minimum Gasteiger partial charge on any atom is -0.471 e. The van der Waals surface area contributed by atoms with E-state index in [4.69, 9.17) is 17.0 Å². The first-order chi connectivity index (χ1) is 5.33. The van der Waals surface area contributed by atoms with Gasteiger partial charge in [0, 0.05) is 12.4 Å². The summed E-state index contributed by atoms with van der Waals surface area (Å²) < 4.78 is 4.98. The molecule has 0 aliphatic heterocycles. The van der Waals surface area contributed by atoms with Crippen LogP contribution in [-0.2, 0) is 4.74 Å². The molecular weight excluding hydrogens is 162 g/mol. The monoisotopic (exact) mass is 171 g/mol. The van der Waals surface area contributed by atoms with Gasteiger partial charge >= 0.3 is 0 Å². The van der Waals surface area contributed by atoms with Crippen LogP contribution in [0.2, 0.25) is 0 Å². The zero-order chi connectivity index (χ0) is 8.10. The van der Waals surface area contributed by atoms with Gasteiger partial charge in [0.15, 0.2) is 0 Å². The Hall–Kier alpha value is -1.10. The predicted molar refractivity (Wildman–Crippen MR) is 46.4 cm³/mol. The molecule has 0 fully saturated rings. The van der Waals surface area contributed by atoms with Crippen molar-refractivity contribution in [2.75, 3.05) is 11.9 Å². The third-order valence-electron chi connectivity index (χ3n) is 0.994. The second kappa shape index (κ2) is 3.92. The van der Waals surface area contributed by atoms with Crippen LogP contribution in [0.25, 0.3) is 0 Å². The molecule has 2 N–H and O–H groups in total. The van der Waals surface area contributed by atoms with Crippen molar-refractivity contribution < 1.29 is 4.74 Å². The lowest BCUT2D eigenvalue weighted by molar-refractivity contribution is 0.335. The van der Waals surface area contributed by atoms with E-state index in [0.717, 1.165) is 0 Å². The van der Waals surface area contributed by atoms with Gasteiger partial charge < -0.3 is 9.72 Å². The van der Waals surface area contributed by atoms with Crippen molar-refractivity contribution in [2.45, 2.75) is 6.92 Å². The van der Waals surface area contributed by atoms with E-state index >= 15 is 0 Å². The summed E-state index contributed by atoms with van der Waals surface area (Å²) in [5.74, 6) is 0.600. The maximum Gasteiger partial charge on any atom is 0.263 e. The van der Waals surface area contributed by atoms with Crippen LogP contribution in [-0.4, -0.2) is 21.7 Å². The van der Waals surface area contributed by atoms with Crippen LogP contribution < -0.4 is 5.32 Å². The number of hydrogen-bond acceptors (Lipinski definition) is 3. The minimum absolute atomic E-state index is 0.336. The summed E-state index contributed by atoms with van der Waals surface area (Å²) in [6, 6.07) is 0. The van der Waals surface area contributed by atoms with E-state index in [0.29, 0.717) is 17.7 Å². The number of thiocarbonyl (C=S) groups is 1. The molecule has 0 radical (unpaired) electrons. The van der Waals surface area contributed by atoms with Crippen molar-refractivity contribution in [1.82, 2.24) is 9.97 Å². The normalized spacial score (nSPS) is 9.18. The molecule has 1 rings (SSSR count). The summed E-state index contributed by atoms with van der Waals surface area (Å²) >= 11 is 4.81. The molecule has 0 unspecified atom stereocenters. The van der Waals surface area contributed by atoms with Gasteiger partial charge in [-0.05, 0) is 19.1 Å². The Kier molecular flexibility index (Phi) is 2.85. The van der Waals surface area contributed by atoms with E-state index in [9.17, 15) is 0 Å². The highest BCUT2D eigenvalue weighted by Gasteiger charge is 1.96. The molecule has 0 bridgehead atoms. The molecule has 0 aromatic carbocycles. The summed E-state index contributed by atoms with van der Waals surface area (Å²) in [6.07, 6.45) is 3.34. The molecule has 0 aliphatic rings. The lowest BCUT2D eigenvalue weighted by atomic mass is 10.9. The molecule has 0 saturated carbocycles. The van der Waals surface area contributed by atoms with Crippen molar-refractivity contribution in [3.05, 3.63) is 12.4 Å². The minimum atomic E-state index is 0.336. The molecule has 4 nitrogen and oxygen atoms in total. The van der Waals surface area contributed by atoms with Crippen LogP contribution in [0.5, 0.6) is 0 Å². The Labute approximate surface area is 70.0 Å². The fraction of sp³-hybridized carbons (Fsp3) is 0.333. The summed E-state index contributed by atoms with van der Waals surface area (Å²) in [4.78, 5) is 6.74. The molecule has 0 atom stereocenters. The van der Waals surface area contributed by atoms with Crippen LogP contribution >= 0.6 is 12.2 Å². The second-order valence-corrected chi connectivity index (χ2v) is 2.15. The third kappa shape index (κ3) is 2.55. The summed E-state index contributed by atoms with van der Waals surface area (Å²) in [5, 5.41) is 3.10. The highest BCUT2D eigenvalue weighted by atomic mass is 32.1. The fourth-order valence-electron chi connectivity index (χ4n) is 0.597. The first-order valence-electron chi connectivity index (χ1n) is 3.26. The Bertz CT molecular complexity index is 222. The first kappa shape index (κ1) is 8.00. The topological polar surface area (TPSA) is 49.9 Å². The lowest BCUT2D eigenvalue weighted by Gasteiger charge is -2.03. The van der Waals surface area contributed by atoms with Gasteiger partial charge in [0.05, 0.1) is 6.61 Å². The van der Waals surface area contributed by atoms with E-state index in [1.165, 1.54) is 0 Å². The number of nitrogens with one attached hydrogen (secondary N) is 2. The van der Waals surface area contributed by atoms with Gasteiger partial charge in [-0.25, -0.2) is 4.98 Å². The number of H-pyrrole nitrogens is 1. The van der Waals surface area contributed by atoms with E-state index < -0.39 is 0 Å². The van der Waals surface area contributed by atoms with E-state index in [-0.39, 0.29) is 0 Å². The van der Waals surface area contributed by atoms with Crippen molar-refractivity contribution in [3.8, 4) is 0 Å². The zero-order valence-corrected chi connectivity index (χ0v) is 6.94. The van der Waals surface area contributed by atoms with Crippen LogP contribution in [0.3, 0.4) is 0 Å². The Morgan fingerprint density at radius 3 is 3.27 bits per heavy atom. The van der Waals surface area contributed by atoms with Crippen molar-refractivity contribution >= 4 is 23.3 Å². The lowest BCUT2D eigenvalue weighted by Crippen LogP contribution is -2.13. The van der Waals surface area contributed by atoms with Crippen LogP contribution in [0, 0.1) is 0 Å². The van der Waals surface area contributed by atoms with Crippen molar-refractivity contribution in [1.29, 1.82) is 0 Å². The molecule has 1 aromatic rings. The molecule has 0 aliphatic carbocycles. The van der Waals surface area contributed by atoms with Crippen LogP contribution in [0.1, 0.15) is 6.92 Å². The van der Waals surface area contributed by atoms with Crippen LogP contribution in [0.15, 0.2) is 12.4 Å². The average Bonchev–Trinajstić information content (AvgIpc) is 2.40. The standard InChI is InChI=1S/C6H9N3OS/c1-2-10-6(11)9-5-7-3-4-8-5/h3-4H,2H2,1H3,(H2,7,8,9,11). The average molecular weight is 171 g/mol. The first-order valence-corrected chi connectivity index (χ1v) is 3.67. The van der Waals surface area contributed by atoms with E-state index in [2.05, 4.69) is 15.3 Å². The molecule has 11 heavy (non-hydrogen) atoms. The molecule has 60 valence electrons. The Morgan fingerprint density at radius 1 is 1.91 bits per heavy atom. The zero-order valence-electron chi connectivity index (χ0n) is 6.13. The Balaban J connectivity index is 2.37. The van der Waals surface area contributed by atoms with Gasteiger partial charge in [-0.3, -0.25) is 5.32 Å². The quantitative estimate of drug-likeness (QED) is 0.655. The molecule has 0 saturated heterocycles. The van der Waals surface area contributed by atoms with Gasteiger partial charge in [0.25, 0.3) is 5.17 Å². The number of ether oxygens (including phenoxy) is 1. The highest BCUT2D eigenvalue weighted by molar-refractivity contribution is 7.80. The summed E-state index contributed by atoms with van der Waals surface area (Å²) in [7, 11) is 0. The molecule has 0 spiro atoms. The van der Waals surface area contributed by atoms with Gasteiger partial charge in [-0.15, -0.1) is 0 Å². The number of hydrogen-bond donors (Lipinski definition) is 2. The molecule has 0 amide bonds. The number of anilines is 1. The molecule has 5 heteroatoms. The largest absolute Gasteiger partial charge is 0.471 e. The third-order valence-corrected chi connectivity index (χ3v) is 1.21. The van der Waals surface area contributed by atoms with Gasteiger partial charge in [-0.2, -0.15) is 0 Å². The van der Waals surface area contributed by atoms with Gasteiger partial charge in [0.1, 0.15) is 0 Å². The van der Waals surface area contributed by atoms with Crippen molar-refractivity contribution in [3.63, 3.8) is 0 Å². The second-order valence-electron chi connectivity index (χ2n) is 1.78. The van der Waals surface area contributed by atoms with Gasteiger partial charge in [0.2, 0.25) is 5.95 Å². The smallest absolute Gasteiger partial charge is 0.263 e. The van der Waals surface area contributed by atoms with E-state index in [1.54, 1.807) is 12.4 Å². The molecule has 1 aromatic heterocycles. The van der Waals surface area contributed by atoms with Gasteiger partial charge in [-0.1, -0.05) is 0 Å². The van der Waals surface area contributed by atoms with Crippen LogP contribution in [0.4, 0.5) is 5.95 Å². The number of nitrogens with zero attached hydrogens (tertiary/aromatic N) is 1. The van der Waals surface area contributed by atoms with Crippen molar-refractivity contribution in [2.24, 2.45) is 0 Å². The molecule has 1 heterocycles. The SMILES string of the molecule is CCOC(=S)Nc1ncc[nH]1. The number of aromatic amines is 1. The maximum absolute atomic E-state index is 4.98. The number of imidazole rings is 1. The van der Waals surface area contributed by atoms with E-state index in [1.807, 2.05) is 6.92 Å². The summed E-state index contributed by atoms with van der Waals surface area (Å²) in [6.45, 7) is 2.43. The summed E-state index contributed by atoms with van der Waals surface area (Å²) in [5.41, 5.74) is 0. The highest BCUT2D eigenvalue weighted by Crippen LogP contribution is 1.95. The molecular formula is C6H9N3OS.